The third-order valence-corrected chi connectivity index (χ3v) is 4.04. The van der Waals surface area contributed by atoms with Gasteiger partial charge in [-0.15, -0.1) is 0 Å². The highest BCUT2D eigenvalue weighted by atomic mass is 15.3. The highest BCUT2D eigenvalue weighted by molar-refractivity contribution is 5.79. The first kappa shape index (κ1) is 15.8. The zero-order chi connectivity index (χ0) is 15.1. The number of aryl methyl sites for hydroxylation is 1. The molecule has 2 heterocycles. The smallest absolute Gasteiger partial charge is 0.191 e. The van der Waals surface area contributed by atoms with E-state index in [1.807, 2.05) is 24.0 Å². The predicted molar refractivity (Wildman–Crippen MR) is 86.2 cm³/mol. The molecule has 0 spiro atoms. The van der Waals surface area contributed by atoms with Gasteiger partial charge in [-0.25, -0.2) is 4.99 Å². The van der Waals surface area contributed by atoms with Crippen molar-refractivity contribution >= 4 is 5.96 Å². The Morgan fingerprint density at radius 2 is 2.29 bits per heavy atom. The Bertz CT molecular complexity index is 453. The Morgan fingerprint density at radius 1 is 1.43 bits per heavy atom. The quantitative estimate of drug-likeness (QED) is 0.602. The lowest BCUT2D eigenvalue weighted by molar-refractivity contribution is 0.342. The van der Waals surface area contributed by atoms with E-state index >= 15 is 0 Å². The monoisotopic (exact) mass is 292 g/mol. The number of aliphatic imine (C=N–C) groups is 1. The maximum absolute atomic E-state index is 4.64. The summed E-state index contributed by atoms with van der Waals surface area (Å²) < 4.78 is 1.86. The van der Waals surface area contributed by atoms with E-state index in [9.17, 15) is 0 Å². The van der Waals surface area contributed by atoms with Crippen LogP contribution < -0.4 is 10.6 Å². The number of rotatable bonds is 6. The van der Waals surface area contributed by atoms with Gasteiger partial charge < -0.3 is 15.5 Å². The lowest BCUT2D eigenvalue weighted by atomic mass is 10.1. The molecule has 1 fully saturated rings. The van der Waals surface area contributed by atoms with Crippen molar-refractivity contribution in [3.63, 3.8) is 0 Å². The van der Waals surface area contributed by atoms with Gasteiger partial charge in [0.1, 0.15) is 0 Å². The Kier molecular flexibility index (Phi) is 6.04. The van der Waals surface area contributed by atoms with Gasteiger partial charge in [0.15, 0.2) is 5.96 Å². The molecule has 0 saturated carbocycles. The van der Waals surface area contributed by atoms with Crippen molar-refractivity contribution in [1.82, 2.24) is 25.3 Å². The van der Waals surface area contributed by atoms with Crippen LogP contribution in [-0.4, -0.2) is 53.4 Å². The van der Waals surface area contributed by atoms with Gasteiger partial charge in [-0.05, 0) is 38.4 Å². The van der Waals surface area contributed by atoms with Gasteiger partial charge >= 0.3 is 0 Å². The number of likely N-dealkylation sites (tertiary alicyclic amines) is 1. The fraction of sp³-hybridized carbons (Fsp3) is 0.733. The van der Waals surface area contributed by atoms with Gasteiger partial charge in [-0.2, -0.15) is 5.10 Å². The highest BCUT2D eigenvalue weighted by Gasteiger charge is 2.20. The summed E-state index contributed by atoms with van der Waals surface area (Å²) in [5.74, 6) is 1.62. The van der Waals surface area contributed by atoms with Crippen molar-refractivity contribution < 1.29 is 0 Å². The summed E-state index contributed by atoms with van der Waals surface area (Å²) in [6.07, 6.45) is 3.09. The summed E-state index contributed by atoms with van der Waals surface area (Å²) in [5, 5.41) is 10.9. The summed E-state index contributed by atoms with van der Waals surface area (Å²) in [4.78, 5) is 7.14. The van der Waals surface area contributed by atoms with Crippen molar-refractivity contribution in [2.75, 3.05) is 32.7 Å². The van der Waals surface area contributed by atoms with Gasteiger partial charge in [-0.3, -0.25) is 4.68 Å². The molecule has 21 heavy (non-hydrogen) atoms. The molecule has 6 heteroatoms. The molecule has 1 aromatic rings. The summed E-state index contributed by atoms with van der Waals surface area (Å²) in [6.45, 7) is 10.4. The second kappa shape index (κ2) is 8.02. The van der Waals surface area contributed by atoms with E-state index in [-0.39, 0.29) is 0 Å². The fourth-order valence-corrected chi connectivity index (χ4v) is 2.67. The van der Waals surface area contributed by atoms with E-state index in [1.54, 1.807) is 0 Å². The molecule has 2 rings (SSSR count). The van der Waals surface area contributed by atoms with Crippen LogP contribution in [0.5, 0.6) is 0 Å². The van der Waals surface area contributed by atoms with Crippen LogP contribution in [0.4, 0.5) is 0 Å². The Balaban J connectivity index is 1.82. The number of nitrogens with zero attached hydrogens (tertiary/aromatic N) is 4. The molecule has 0 radical (unpaired) electrons. The third kappa shape index (κ3) is 4.74. The molecule has 0 aromatic carbocycles. The maximum Gasteiger partial charge on any atom is 0.191 e. The zero-order valence-corrected chi connectivity index (χ0v) is 13.5. The molecule has 1 unspecified atom stereocenters. The van der Waals surface area contributed by atoms with Gasteiger partial charge in [0.2, 0.25) is 0 Å². The van der Waals surface area contributed by atoms with E-state index in [1.165, 1.54) is 19.5 Å². The van der Waals surface area contributed by atoms with Crippen molar-refractivity contribution in [3.05, 3.63) is 18.0 Å². The molecular formula is C15H28N6. The van der Waals surface area contributed by atoms with Gasteiger partial charge in [0.25, 0.3) is 0 Å². The van der Waals surface area contributed by atoms with Crippen LogP contribution in [0.1, 0.15) is 26.0 Å². The Labute approximate surface area is 127 Å². The van der Waals surface area contributed by atoms with E-state index in [4.69, 9.17) is 0 Å². The molecule has 1 aliphatic rings. The molecule has 1 aliphatic heterocycles. The normalized spacial score (nSPS) is 20.0. The van der Waals surface area contributed by atoms with Crippen molar-refractivity contribution in [3.8, 4) is 0 Å². The molecule has 1 atom stereocenters. The first-order valence-corrected chi connectivity index (χ1v) is 7.94. The van der Waals surface area contributed by atoms with Crippen LogP contribution in [0.15, 0.2) is 17.3 Å². The summed E-state index contributed by atoms with van der Waals surface area (Å²) in [7, 11) is 1.95. The Morgan fingerprint density at radius 3 is 2.90 bits per heavy atom. The maximum atomic E-state index is 4.64. The van der Waals surface area contributed by atoms with Crippen LogP contribution in [0, 0.1) is 5.92 Å². The van der Waals surface area contributed by atoms with E-state index in [0.29, 0.717) is 6.54 Å². The minimum absolute atomic E-state index is 0.650. The molecule has 0 aliphatic carbocycles. The second-order valence-electron chi connectivity index (χ2n) is 5.57. The Hall–Kier alpha value is -1.56. The van der Waals surface area contributed by atoms with Crippen LogP contribution in [0.3, 0.4) is 0 Å². The van der Waals surface area contributed by atoms with Gasteiger partial charge in [0, 0.05) is 32.9 Å². The average Bonchev–Trinajstić information content (AvgIpc) is 3.11. The van der Waals surface area contributed by atoms with E-state index in [0.717, 1.165) is 37.2 Å². The summed E-state index contributed by atoms with van der Waals surface area (Å²) in [5.41, 5.74) is 1.12. The van der Waals surface area contributed by atoms with Gasteiger partial charge in [0.05, 0.1) is 12.2 Å². The first-order chi connectivity index (χ1) is 10.2. The molecule has 0 amide bonds. The lowest BCUT2D eigenvalue weighted by Crippen LogP contribution is -2.40. The molecule has 1 saturated heterocycles. The van der Waals surface area contributed by atoms with Gasteiger partial charge in [-0.1, -0.05) is 6.92 Å². The lowest BCUT2D eigenvalue weighted by Gasteiger charge is -2.16. The van der Waals surface area contributed by atoms with Crippen LogP contribution >= 0.6 is 0 Å². The highest BCUT2D eigenvalue weighted by Crippen LogP contribution is 2.14. The molecule has 118 valence electrons. The fourth-order valence-electron chi connectivity index (χ4n) is 2.67. The SMILES string of the molecule is CCNC(=NCc1ccnn1C)NCC1CCN(CC)C1. The van der Waals surface area contributed by atoms with Crippen molar-refractivity contribution in [2.45, 2.75) is 26.8 Å². The van der Waals surface area contributed by atoms with Crippen molar-refractivity contribution in [1.29, 1.82) is 0 Å². The molecule has 6 nitrogen and oxygen atoms in total. The first-order valence-electron chi connectivity index (χ1n) is 7.94. The molecule has 0 bridgehead atoms. The molecular weight excluding hydrogens is 264 g/mol. The number of guanidine groups is 1. The number of aromatic nitrogens is 2. The number of nitrogens with one attached hydrogen (secondary N) is 2. The standard InChI is InChI=1S/C15H28N6/c1-4-16-15(18-11-14-6-8-19-20(14)3)17-10-13-7-9-21(5-2)12-13/h6,8,13H,4-5,7,9-12H2,1-3H3,(H2,16,17,18). The van der Waals surface area contributed by atoms with Crippen LogP contribution in [0.2, 0.25) is 0 Å². The van der Waals surface area contributed by atoms with E-state index in [2.05, 4.69) is 39.5 Å². The minimum atomic E-state index is 0.650. The predicted octanol–water partition coefficient (Wildman–Crippen LogP) is 0.817. The average molecular weight is 292 g/mol. The van der Waals surface area contributed by atoms with Crippen molar-refractivity contribution in [2.24, 2.45) is 18.0 Å². The molecule has 2 N–H and O–H groups in total. The number of hydrogen-bond donors (Lipinski definition) is 2. The number of hydrogen-bond acceptors (Lipinski definition) is 3. The summed E-state index contributed by atoms with van der Waals surface area (Å²) in [6, 6.07) is 2.00. The minimum Gasteiger partial charge on any atom is -0.357 e. The molecule has 1 aromatic heterocycles. The van der Waals surface area contributed by atoms with Crippen LogP contribution in [-0.2, 0) is 13.6 Å². The van der Waals surface area contributed by atoms with Crippen LogP contribution in [0.25, 0.3) is 0 Å². The third-order valence-electron chi connectivity index (χ3n) is 4.04. The largest absolute Gasteiger partial charge is 0.357 e. The summed E-state index contributed by atoms with van der Waals surface area (Å²) >= 11 is 0. The van der Waals surface area contributed by atoms with E-state index < -0.39 is 0 Å². The topological polar surface area (TPSA) is 57.5 Å². The second-order valence-corrected chi connectivity index (χ2v) is 5.57. The zero-order valence-electron chi connectivity index (χ0n) is 13.5.